The van der Waals surface area contributed by atoms with Gasteiger partial charge in [-0.25, -0.2) is 0 Å². The van der Waals surface area contributed by atoms with Crippen molar-refractivity contribution in [1.29, 1.82) is 0 Å². The summed E-state index contributed by atoms with van der Waals surface area (Å²) in [6.07, 6.45) is 99.8. The molecule has 1 amide bonds. The molecule has 0 aliphatic carbocycles. The van der Waals surface area contributed by atoms with Crippen LogP contribution < -0.4 is 5.32 Å². The molecule has 0 spiro atoms. The summed E-state index contributed by atoms with van der Waals surface area (Å²) in [5, 5.41) is 23.5. The first-order chi connectivity index (χ1) is 43.5. The van der Waals surface area contributed by atoms with Crippen molar-refractivity contribution in [2.24, 2.45) is 0 Å². The van der Waals surface area contributed by atoms with Gasteiger partial charge >= 0.3 is 5.97 Å². The molecule has 2 atom stereocenters. The number of carbonyl (C=O) groups excluding carboxylic acids is 2. The first kappa shape index (κ1) is 86.3. The topological polar surface area (TPSA) is 95.9 Å². The molecule has 0 fully saturated rings. The summed E-state index contributed by atoms with van der Waals surface area (Å²) in [6.45, 7) is 5.01. The maximum atomic E-state index is 12.6. The number of nitrogens with one attached hydrogen (secondary N) is 1. The molecule has 0 bridgehead atoms. The van der Waals surface area contributed by atoms with Gasteiger partial charge in [-0.1, -0.05) is 417 Å². The number of hydrogen-bond donors (Lipinski definition) is 3. The van der Waals surface area contributed by atoms with Crippen LogP contribution in [-0.2, 0) is 14.3 Å². The van der Waals surface area contributed by atoms with Crippen LogP contribution >= 0.6 is 0 Å². The number of carbonyl (C=O) groups is 2. The second-order valence-corrected chi connectivity index (χ2v) is 28.1. The summed E-state index contributed by atoms with van der Waals surface area (Å²) >= 11 is 0. The van der Waals surface area contributed by atoms with E-state index in [9.17, 15) is 19.8 Å². The fraction of sp³-hybridized carbons (Fsp3) is 0.927. The summed E-state index contributed by atoms with van der Waals surface area (Å²) < 4.78 is 5.51. The predicted molar refractivity (Wildman–Crippen MR) is 389 cm³/mol. The van der Waals surface area contributed by atoms with Gasteiger partial charge in [0.25, 0.3) is 0 Å². The molecule has 0 saturated carbocycles. The smallest absolute Gasteiger partial charge is 0.305 e. The minimum Gasteiger partial charge on any atom is -0.466 e. The van der Waals surface area contributed by atoms with Crippen molar-refractivity contribution in [3.63, 3.8) is 0 Å². The molecule has 2 unspecified atom stereocenters. The molecule has 522 valence electrons. The zero-order valence-electron chi connectivity index (χ0n) is 60.0. The molecule has 0 saturated heterocycles. The van der Waals surface area contributed by atoms with Gasteiger partial charge in [0.1, 0.15) is 0 Å². The first-order valence-electron chi connectivity index (χ1n) is 40.6. The Kier molecular flexibility index (Phi) is 76.3. The molecule has 6 heteroatoms. The SMILES string of the molecule is CCCCCCCCCCCCCCCCCCCCCCCCCCCC(O)C(CO)NC(=O)CCCCCCCCCCCCC/C=C\C/C=C\CCCCCCCCCCCOC(=O)CCCCCCCCCCCCCCCCCCCCC. The molecule has 0 aliphatic heterocycles. The number of aliphatic hydroxyl groups excluding tert-OH is 2. The molecule has 0 radical (unpaired) electrons. The van der Waals surface area contributed by atoms with Gasteiger partial charge in [-0.05, 0) is 57.8 Å². The molecule has 0 aromatic heterocycles. The lowest BCUT2D eigenvalue weighted by atomic mass is 10.0. The maximum Gasteiger partial charge on any atom is 0.305 e. The van der Waals surface area contributed by atoms with E-state index in [4.69, 9.17) is 4.74 Å². The van der Waals surface area contributed by atoms with Gasteiger partial charge in [0, 0.05) is 12.8 Å². The second kappa shape index (κ2) is 77.8. The van der Waals surface area contributed by atoms with Crippen molar-refractivity contribution in [3.8, 4) is 0 Å². The Bertz CT molecular complexity index is 1380. The van der Waals surface area contributed by atoms with Crippen LogP contribution in [0.25, 0.3) is 0 Å². The molecular formula is C82H159NO5. The van der Waals surface area contributed by atoms with Gasteiger partial charge in [0.05, 0.1) is 25.4 Å². The molecule has 0 rings (SSSR count). The van der Waals surface area contributed by atoms with E-state index in [1.165, 1.54) is 385 Å². The fourth-order valence-electron chi connectivity index (χ4n) is 13.1. The van der Waals surface area contributed by atoms with E-state index in [0.717, 1.165) is 44.9 Å². The predicted octanol–water partition coefficient (Wildman–Crippen LogP) is 26.8. The molecule has 3 N–H and O–H groups in total. The van der Waals surface area contributed by atoms with Crippen LogP contribution in [0.2, 0.25) is 0 Å². The molecule has 6 nitrogen and oxygen atoms in total. The number of unbranched alkanes of at least 4 members (excludes halogenated alkanes) is 62. The van der Waals surface area contributed by atoms with Crippen LogP contribution in [0.3, 0.4) is 0 Å². The van der Waals surface area contributed by atoms with Crippen molar-refractivity contribution in [3.05, 3.63) is 24.3 Å². The molecular weight excluding hydrogens is 1080 g/mol. The van der Waals surface area contributed by atoms with Crippen LogP contribution in [0.4, 0.5) is 0 Å². The standard InChI is InChI=1S/C82H159NO5/c1-3-5-7-9-11-13-15-17-19-21-23-24-25-29-32-35-39-42-46-50-54-58-62-66-70-74-80(85)79(78-84)83-81(86)75-71-67-63-59-55-51-47-43-40-36-33-30-27-26-28-31-34-37-41-45-49-53-57-61-65-69-73-77-88-82(87)76-72-68-64-60-56-52-48-44-38-22-20-18-16-14-12-10-8-6-4-2/h26-27,31,34,79-80,84-85H,3-25,28-30,32-33,35-78H2,1-2H3,(H,83,86)/b27-26-,34-31-. The lowest BCUT2D eigenvalue weighted by molar-refractivity contribution is -0.143. The monoisotopic (exact) mass is 1240 g/mol. The Hall–Kier alpha value is -1.66. The molecule has 0 heterocycles. The zero-order chi connectivity index (χ0) is 63.5. The first-order valence-corrected chi connectivity index (χ1v) is 40.6. The number of aliphatic hydroxyl groups is 2. The Morgan fingerprint density at radius 2 is 0.568 bits per heavy atom. The van der Waals surface area contributed by atoms with E-state index in [-0.39, 0.29) is 18.5 Å². The summed E-state index contributed by atoms with van der Waals surface area (Å²) in [7, 11) is 0. The van der Waals surface area contributed by atoms with Crippen LogP contribution in [0.5, 0.6) is 0 Å². The normalized spacial score (nSPS) is 12.5. The van der Waals surface area contributed by atoms with E-state index in [2.05, 4.69) is 43.5 Å². The van der Waals surface area contributed by atoms with Crippen LogP contribution in [0.15, 0.2) is 24.3 Å². The molecule has 88 heavy (non-hydrogen) atoms. The average Bonchev–Trinajstić information content (AvgIpc) is 3.58. The highest BCUT2D eigenvalue weighted by Crippen LogP contribution is 2.20. The Morgan fingerprint density at radius 1 is 0.318 bits per heavy atom. The number of hydrogen-bond acceptors (Lipinski definition) is 5. The van der Waals surface area contributed by atoms with Gasteiger partial charge in [-0.15, -0.1) is 0 Å². The van der Waals surface area contributed by atoms with E-state index >= 15 is 0 Å². The minimum absolute atomic E-state index is 0.0168. The van der Waals surface area contributed by atoms with Gasteiger partial charge in [-0.3, -0.25) is 9.59 Å². The van der Waals surface area contributed by atoms with Crippen LogP contribution in [0.1, 0.15) is 463 Å². The van der Waals surface area contributed by atoms with Gasteiger partial charge in [0.2, 0.25) is 5.91 Å². The largest absolute Gasteiger partial charge is 0.466 e. The summed E-state index contributed by atoms with van der Waals surface area (Å²) in [4.78, 5) is 24.7. The third-order valence-electron chi connectivity index (χ3n) is 19.3. The minimum atomic E-state index is -0.668. The third-order valence-corrected chi connectivity index (χ3v) is 19.3. The third kappa shape index (κ3) is 73.4. The Morgan fingerprint density at radius 3 is 0.864 bits per heavy atom. The van der Waals surface area contributed by atoms with Crippen LogP contribution in [-0.4, -0.2) is 47.4 Å². The van der Waals surface area contributed by atoms with Crippen molar-refractivity contribution >= 4 is 11.9 Å². The summed E-state index contributed by atoms with van der Waals surface area (Å²) in [5.41, 5.74) is 0. The number of esters is 1. The van der Waals surface area contributed by atoms with E-state index in [1.54, 1.807) is 0 Å². The van der Waals surface area contributed by atoms with E-state index in [1.807, 2.05) is 0 Å². The highest BCUT2D eigenvalue weighted by molar-refractivity contribution is 5.76. The zero-order valence-corrected chi connectivity index (χ0v) is 60.0. The summed E-state index contributed by atoms with van der Waals surface area (Å²) in [6, 6.07) is -0.546. The highest BCUT2D eigenvalue weighted by Gasteiger charge is 2.20. The van der Waals surface area contributed by atoms with Crippen molar-refractivity contribution in [1.82, 2.24) is 5.32 Å². The van der Waals surface area contributed by atoms with Gasteiger partial charge in [-0.2, -0.15) is 0 Å². The van der Waals surface area contributed by atoms with Crippen molar-refractivity contribution in [2.75, 3.05) is 13.2 Å². The number of rotatable bonds is 77. The summed E-state index contributed by atoms with van der Waals surface area (Å²) in [5.74, 6) is -0.0156. The highest BCUT2D eigenvalue weighted by atomic mass is 16.5. The Balaban J connectivity index is 3.39. The van der Waals surface area contributed by atoms with Crippen molar-refractivity contribution < 1.29 is 24.5 Å². The lowest BCUT2D eigenvalue weighted by Crippen LogP contribution is -2.45. The van der Waals surface area contributed by atoms with E-state index in [0.29, 0.717) is 25.9 Å². The maximum absolute atomic E-state index is 12.6. The lowest BCUT2D eigenvalue weighted by Gasteiger charge is -2.22. The van der Waals surface area contributed by atoms with E-state index < -0.39 is 12.1 Å². The molecule has 0 aliphatic rings. The van der Waals surface area contributed by atoms with Gasteiger partial charge in [0.15, 0.2) is 0 Å². The number of allylic oxidation sites excluding steroid dienone is 4. The molecule has 0 aromatic rings. The quantitative estimate of drug-likeness (QED) is 0.0320. The van der Waals surface area contributed by atoms with Gasteiger partial charge < -0.3 is 20.3 Å². The fourth-order valence-corrected chi connectivity index (χ4v) is 13.1. The van der Waals surface area contributed by atoms with Crippen molar-refractivity contribution in [2.45, 2.75) is 475 Å². The number of amides is 1. The van der Waals surface area contributed by atoms with Crippen LogP contribution in [0, 0.1) is 0 Å². The second-order valence-electron chi connectivity index (χ2n) is 28.1. The molecule has 0 aromatic carbocycles. The number of ether oxygens (including phenoxy) is 1. The Labute approximate surface area is 551 Å². The average molecular weight is 1240 g/mol.